The first kappa shape index (κ1) is 15.6. The van der Waals surface area contributed by atoms with Crippen LogP contribution in [0.25, 0.3) is 5.57 Å². The summed E-state index contributed by atoms with van der Waals surface area (Å²) in [6.45, 7) is 0. The van der Waals surface area contributed by atoms with E-state index in [-0.39, 0.29) is 20.9 Å². The number of allylic oxidation sites excluding steroid dienone is 1. The van der Waals surface area contributed by atoms with Crippen molar-refractivity contribution < 1.29 is 0 Å². The van der Waals surface area contributed by atoms with Crippen LogP contribution in [0.5, 0.6) is 0 Å². The third-order valence-electron chi connectivity index (χ3n) is 3.26. The Morgan fingerprint density at radius 3 is 1.91 bits per heavy atom. The van der Waals surface area contributed by atoms with Crippen molar-refractivity contribution in [2.45, 2.75) is 0 Å². The Balaban J connectivity index is 1.90. The van der Waals surface area contributed by atoms with Crippen LogP contribution in [0.4, 0.5) is 0 Å². The molecule has 110 valence electrons. The summed E-state index contributed by atoms with van der Waals surface area (Å²) in [7, 11) is 0. The van der Waals surface area contributed by atoms with Crippen molar-refractivity contribution in [1.29, 1.82) is 0 Å². The first-order valence-electron chi connectivity index (χ1n) is 7.46. The van der Waals surface area contributed by atoms with Crippen molar-refractivity contribution in [2.24, 2.45) is 0 Å². The zero-order chi connectivity index (χ0) is 15.7. The van der Waals surface area contributed by atoms with Gasteiger partial charge in [0.2, 0.25) is 0 Å². The normalized spacial score (nSPS) is 10.7. The molecule has 23 heavy (non-hydrogen) atoms. The molecule has 1 heteroatoms. The van der Waals surface area contributed by atoms with Crippen LogP contribution < -0.4 is 3.61 Å². The molecule has 0 radical (unpaired) electrons. The van der Waals surface area contributed by atoms with Gasteiger partial charge in [0.15, 0.2) is 0 Å². The van der Waals surface area contributed by atoms with E-state index >= 15 is 0 Å². The first-order chi connectivity index (χ1) is 11.4. The number of hydrogen-bond acceptors (Lipinski definition) is 0. The fourth-order valence-corrected chi connectivity index (χ4v) is 4.25. The van der Waals surface area contributed by atoms with E-state index < -0.39 is 0 Å². The summed E-state index contributed by atoms with van der Waals surface area (Å²) in [6.07, 6.45) is 0. The molecule has 0 bridgehead atoms. The molecule has 0 amide bonds. The molecular weight excluding hydrogens is 392 g/mol. The van der Waals surface area contributed by atoms with Crippen LogP contribution in [0.15, 0.2) is 95.1 Å². The Labute approximate surface area is 148 Å². The molecule has 3 aromatic carbocycles. The molecule has 0 atom stereocenters. The fourth-order valence-electron chi connectivity index (χ4n) is 2.07. The van der Waals surface area contributed by atoms with Gasteiger partial charge in [-0.15, -0.1) is 0 Å². The molecule has 0 aromatic heterocycles. The molecule has 0 N–H and O–H groups in total. The third kappa shape index (κ3) is 4.87. The van der Waals surface area contributed by atoms with E-state index in [9.17, 15) is 0 Å². The van der Waals surface area contributed by atoms with Crippen molar-refractivity contribution in [3.63, 3.8) is 0 Å². The molecule has 0 heterocycles. The maximum absolute atomic E-state index is 3.37. The van der Waals surface area contributed by atoms with Crippen molar-refractivity contribution >= 4 is 30.1 Å². The standard InChI is InChI=1S/C22H16Te/c1-4-10-19(11-5-1)16-17-21(20-12-6-2-7-13-20)18-23-22-14-8-3-9-15-22/h1-15,18H/b21-18-. The summed E-state index contributed by atoms with van der Waals surface area (Å²) in [5.74, 6) is 6.65. The van der Waals surface area contributed by atoms with Crippen LogP contribution in [-0.2, 0) is 0 Å². The van der Waals surface area contributed by atoms with Crippen LogP contribution in [0.2, 0.25) is 0 Å². The monoisotopic (exact) mass is 410 g/mol. The first-order valence-corrected chi connectivity index (χ1v) is 9.97. The molecule has 0 spiro atoms. The van der Waals surface area contributed by atoms with E-state index in [1.54, 1.807) is 0 Å². The van der Waals surface area contributed by atoms with Crippen molar-refractivity contribution in [1.82, 2.24) is 0 Å². The second-order valence-corrected chi connectivity index (χ2v) is 7.64. The predicted octanol–water partition coefficient (Wildman–Crippen LogP) is 4.11. The van der Waals surface area contributed by atoms with Gasteiger partial charge in [0, 0.05) is 0 Å². The summed E-state index contributed by atoms with van der Waals surface area (Å²) >= 11 is -0.381. The fraction of sp³-hybridized carbons (Fsp3) is 0. The van der Waals surface area contributed by atoms with Gasteiger partial charge in [-0.25, -0.2) is 0 Å². The Hall–Kier alpha value is -2.25. The minimum atomic E-state index is -0.381. The number of rotatable bonds is 3. The molecule has 0 unspecified atom stereocenters. The van der Waals surface area contributed by atoms with Gasteiger partial charge in [-0.1, -0.05) is 0 Å². The van der Waals surface area contributed by atoms with Crippen molar-refractivity contribution in [3.05, 3.63) is 106 Å². The topological polar surface area (TPSA) is 0 Å². The molecule has 0 aliphatic rings. The van der Waals surface area contributed by atoms with Crippen molar-refractivity contribution in [3.8, 4) is 11.8 Å². The summed E-state index contributed by atoms with van der Waals surface area (Å²) in [6, 6.07) is 31.2. The van der Waals surface area contributed by atoms with Crippen molar-refractivity contribution in [2.75, 3.05) is 0 Å². The average molecular weight is 408 g/mol. The quantitative estimate of drug-likeness (QED) is 0.452. The summed E-state index contributed by atoms with van der Waals surface area (Å²) < 4.78 is 3.76. The maximum atomic E-state index is 3.37. The van der Waals surface area contributed by atoms with Crippen LogP contribution in [0, 0.1) is 11.8 Å². The van der Waals surface area contributed by atoms with Crippen LogP contribution in [-0.4, -0.2) is 20.9 Å². The van der Waals surface area contributed by atoms with Crippen LogP contribution in [0.1, 0.15) is 11.1 Å². The van der Waals surface area contributed by atoms with Gasteiger partial charge in [-0.2, -0.15) is 0 Å². The van der Waals surface area contributed by atoms with Gasteiger partial charge in [-0.05, 0) is 0 Å². The Morgan fingerprint density at radius 2 is 1.26 bits per heavy atom. The van der Waals surface area contributed by atoms with Gasteiger partial charge in [0.25, 0.3) is 0 Å². The van der Waals surface area contributed by atoms with E-state index in [2.05, 4.69) is 70.6 Å². The molecule has 3 rings (SSSR count). The second-order valence-electron chi connectivity index (χ2n) is 4.94. The molecular formula is C22H16Te. The van der Waals surface area contributed by atoms with E-state index in [4.69, 9.17) is 0 Å². The summed E-state index contributed by atoms with van der Waals surface area (Å²) in [4.78, 5) is 0. The van der Waals surface area contributed by atoms with Crippen LogP contribution >= 0.6 is 0 Å². The Kier molecular flexibility index (Phi) is 5.71. The molecule has 0 saturated heterocycles. The van der Waals surface area contributed by atoms with Gasteiger partial charge >= 0.3 is 148 Å². The summed E-state index contributed by atoms with van der Waals surface area (Å²) in [5, 5.41) is 0. The van der Waals surface area contributed by atoms with Gasteiger partial charge in [0.05, 0.1) is 0 Å². The molecule has 0 fully saturated rings. The number of hydrogen-bond donors (Lipinski definition) is 0. The molecule has 3 aromatic rings. The zero-order valence-electron chi connectivity index (χ0n) is 12.6. The minimum absolute atomic E-state index is 0.381. The Bertz CT molecular complexity index is 823. The molecule has 0 nitrogen and oxygen atoms in total. The van der Waals surface area contributed by atoms with Gasteiger partial charge in [-0.3, -0.25) is 0 Å². The van der Waals surface area contributed by atoms with Gasteiger partial charge < -0.3 is 0 Å². The second kappa shape index (κ2) is 8.40. The summed E-state index contributed by atoms with van der Waals surface area (Å²) in [5.41, 5.74) is 3.37. The molecule has 0 aliphatic carbocycles. The van der Waals surface area contributed by atoms with E-state index in [1.807, 2.05) is 36.4 Å². The molecule has 0 aliphatic heterocycles. The predicted molar refractivity (Wildman–Crippen MR) is 99.6 cm³/mol. The van der Waals surface area contributed by atoms with E-state index in [1.165, 1.54) is 9.17 Å². The average Bonchev–Trinajstić information content (AvgIpc) is 2.64. The Morgan fingerprint density at radius 1 is 0.696 bits per heavy atom. The van der Waals surface area contributed by atoms with E-state index in [0.717, 1.165) is 11.1 Å². The third-order valence-corrected chi connectivity index (χ3v) is 5.82. The van der Waals surface area contributed by atoms with Crippen LogP contribution in [0.3, 0.4) is 0 Å². The van der Waals surface area contributed by atoms with Gasteiger partial charge in [0.1, 0.15) is 0 Å². The van der Waals surface area contributed by atoms with E-state index in [0.29, 0.717) is 0 Å². The number of benzene rings is 3. The zero-order valence-corrected chi connectivity index (χ0v) is 15.0. The SMILES string of the molecule is C(#Cc1ccccc1)/C(=C/[Te]c1ccccc1)c1ccccc1. The molecule has 0 saturated carbocycles.